The molecule has 1 atom stereocenters. The van der Waals surface area contributed by atoms with Crippen LogP contribution in [-0.4, -0.2) is 41.9 Å². The van der Waals surface area contributed by atoms with Crippen molar-refractivity contribution in [2.45, 2.75) is 32.2 Å². The van der Waals surface area contributed by atoms with Gasteiger partial charge in [-0.15, -0.1) is 0 Å². The zero-order valence-electron chi connectivity index (χ0n) is 18.5. The van der Waals surface area contributed by atoms with Crippen LogP contribution in [0.25, 0.3) is 0 Å². The summed E-state index contributed by atoms with van der Waals surface area (Å²) in [6.07, 6.45) is 2.35. The maximum atomic E-state index is 12.2. The number of anilines is 1. The van der Waals surface area contributed by atoms with Gasteiger partial charge in [0.1, 0.15) is 12.6 Å². The standard InChI is InChI=1S/C26H27N3O4/c1-2-3-8-25(32)28-22-15-11-20(12-16-22)7-5-4-6-19-9-13-21(14-10-19)26(33)29-23(17-27)24(31)18-30/h9-16,23,30H,2-3,8,17-18,27H2,1H3,(H,28,32)(H,29,33)/t23-/m0/s1. The molecule has 0 saturated carbocycles. The van der Waals surface area contributed by atoms with Crippen molar-refractivity contribution in [3.8, 4) is 23.7 Å². The van der Waals surface area contributed by atoms with Gasteiger partial charge < -0.3 is 21.5 Å². The summed E-state index contributed by atoms with van der Waals surface area (Å²) in [6, 6.07) is 12.8. The van der Waals surface area contributed by atoms with Gasteiger partial charge in [-0.25, -0.2) is 0 Å². The predicted octanol–water partition coefficient (Wildman–Crippen LogP) is 1.84. The highest BCUT2D eigenvalue weighted by molar-refractivity contribution is 5.98. The topological polar surface area (TPSA) is 122 Å². The molecule has 0 spiro atoms. The van der Waals surface area contributed by atoms with Crippen molar-refractivity contribution in [3.63, 3.8) is 0 Å². The first-order chi connectivity index (χ1) is 16.0. The van der Waals surface area contributed by atoms with E-state index in [0.717, 1.165) is 24.1 Å². The van der Waals surface area contributed by atoms with Crippen LogP contribution in [0.5, 0.6) is 0 Å². The van der Waals surface area contributed by atoms with Gasteiger partial charge in [0.2, 0.25) is 5.91 Å². The Kier molecular flexibility index (Phi) is 10.4. The minimum absolute atomic E-state index is 0.00268. The number of rotatable bonds is 9. The largest absolute Gasteiger partial charge is 0.388 e. The lowest BCUT2D eigenvalue weighted by atomic mass is 10.1. The molecule has 5 N–H and O–H groups in total. The molecule has 2 rings (SSSR count). The van der Waals surface area contributed by atoms with Crippen LogP contribution in [0.1, 0.15) is 47.7 Å². The van der Waals surface area contributed by atoms with Gasteiger partial charge >= 0.3 is 0 Å². The summed E-state index contributed by atoms with van der Waals surface area (Å²) in [5, 5.41) is 14.2. The number of carbonyl (C=O) groups excluding carboxylic acids is 3. The molecule has 2 amide bonds. The van der Waals surface area contributed by atoms with Crippen LogP contribution in [0.15, 0.2) is 48.5 Å². The highest BCUT2D eigenvalue weighted by Gasteiger charge is 2.18. The maximum absolute atomic E-state index is 12.2. The molecule has 7 nitrogen and oxygen atoms in total. The highest BCUT2D eigenvalue weighted by Crippen LogP contribution is 2.10. The Morgan fingerprint density at radius 1 is 0.970 bits per heavy atom. The van der Waals surface area contributed by atoms with Gasteiger partial charge in [0.15, 0.2) is 5.78 Å². The number of benzene rings is 2. The van der Waals surface area contributed by atoms with E-state index in [1.54, 1.807) is 36.4 Å². The number of ketones is 1. The van der Waals surface area contributed by atoms with E-state index in [4.69, 9.17) is 10.8 Å². The molecule has 7 heteroatoms. The number of unbranched alkanes of at least 4 members (excludes halogenated alkanes) is 1. The molecule has 0 aliphatic rings. The molecule has 0 fully saturated rings. The van der Waals surface area contributed by atoms with Crippen LogP contribution in [0.3, 0.4) is 0 Å². The van der Waals surface area contributed by atoms with Gasteiger partial charge in [-0.3, -0.25) is 14.4 Å². The third-order valence-corrected chi connectivity index (χ3v) is 4.63. The second-order valence-electron chi connectivity index (χ2n) is 7.19. The molecular weight excluding hydrogens is 418 g/mol. The van der Waals surface area contributed by atoms with Gasteiger partial charge in [-0.2, -0.15) is 0 Å². The second kappa shape index (κ2) is 13.5. The summed E-state index contributed by atoms with van der Waals surface area (Å²) in [4.78, 5) is 35.5. The van der Waals surface area contributed by atoms with Crippen molar-refractivity contribution in [1.29, 1.82) is 0 Å². The average molecular weight is 446 g/mol. The Balaban J connectivity index is 1.93. The minimum atomic E-state index is -0.927. The Hall–Kier alpha value is -3.91. The molecule has 2 aromatic carbocycles. The number of aliphatic hydroxyl groups is 1. The molecule has 0 aliphatic carbocycles. The Labute approximate surface area is 193 Å². The number of nitrogens with one attached hydrogen (secondary N) is 2. The maximum Gasteiger partial charge on any atom is 0.251 e. The Morgan fingerprint density at radius 2 is 1.55 bits per heavy atom. The number of hydrogen-bond donors (Lipinski definition) is 4. The first-order valence-corrected chi connectivity index (χ1v) is 10.6. The second-order valence-corrected chi connectivity index (χ2v) is 7.19. The van der Waals surface area contributed by atoms with Crippen LogP contribution < -0.4 is 16.4 Å². The molecule has 0 heterocycles. The number of aliphatic hydroxyl groups excluding tert-OH is 1. The summed E-state index contributed by atoms with van der Waals surface area (Å²) >= 11 is 0. The number of nitrogens with two attached hydrogens (primary N) is 1. The molecule has 33 heavy (non-hydrogen) atoms. The van der Waals surface area contributed by atoms with E-state index in [1.165, 1.54) is 0 Å². The summed E-state index contributed by atoms with van der Waals surface area (Å²) in [5.41, 5.74) is 7.98. The lowest BCUT2D eigenvalue weighted by Gasteiger charge is -2.14. The fraction of sp³-hybridized carbons (Fsp3) is 0.269. The predicted molar refractivity (Wildman–Crippen MR) is 127 cm³/mol. The molecule has 0 aromatic heterocycles. The molecular formula is C26H27N3O4. The third kappa shape index (κ3) is 8.62. The van der Waals surface area contributed by atoms with Crippen LogP contribution in [0.2, 0.25) is 0 Å². The van der Waals surface area contributed by atoms with E-state index in [2.05, 4.69) is 34.3 Å². The highest BCUT2D eigenvalue weighted by atomic mass is 16.3. The van der Waals surface area contributed by atoms with Gasteiger partial charge in [0, 0.05) is 35.3 Å². The fourth-order valence-electron chi connectivity index (χ4n) is 2.73. The van der Waals surface area contributed by atoms with Gasteiger partial charge in [-0.1, -0.05) is 25.2 Å². The smallest absolute Gasteiger partial charge is 0.251 e. The fourth-order valence-corrected chi connectivity index (χ4v) is 2.73. The van der Waals surface area contributed by atoms with Gasteiger partial charge in [-0.05, 0) is 66.8 Å². The summed E-state index contributed by atoms with van der Waals surface area (Å²) in [5.74, 6) is 10.4. The van der Waals surface area contributed by atoms with E-state index in [0.29, 0.717) is 17.5 Å². The van der Waals surface area contributed by atoms with Crippen molar-refractivity contribution in [3.05, 3.63) is 65.2 Å². The Bertz CT molecular complexity index is 1080. The van der Waals surface area contributed by atoms with Gasteiger partial charge in [0.25, 0.3) is 5.91 Å². The van der Waals surface area contributed by atoms with Crippen molar-refractivity contribution in [2.75, 3.05) is 18.5 Å². The zero-order valence-corrected chi connectivity index (χ0v) is 18.5. The number of hydrogen-bond acceptors (Lipinski definition) is 5. The summed E-state index contributed by atoms with van der Waals surface area (Å²) < 4.78 is 0. The van der Waals surface area contributed by atoms with Gasteiger partial charge in [0.05, 0.1) is 0 Å². The van der Waals surface area contributed by atoms with E-state index >= 15 is 0 Å². The van der Waals surface area contributed by atoms with Crippen molar-refractivity contribution in [2.24, 2.45) is 5.73 Å². The van der Waals surface area contributed by atoms with Crippen molar-refractivity contribution < 1.29 is 19.5 Å². The van der Waals surface area contributed by atoms with E-state index in [-0.39, 0.29) is 12.5 Å². The SMILES string of the molecule is CCCCC(=O)Nc1ccc(C#CC#Cc2ccc(C(=O)N[C@@H](CN)C(=O)CO)cc2)cc1. The van der Waals surface area contributed by atoms with Crippen molar-refractivity contribution in [1.82, 2.24) is 5.32 Å². The first-order valence-electron chi connectivity index (χ1n) is 10.6. The number of amides is 2. The third-order valence-electron chi connectivity index (χ3n) is 4.63. The average Bonchev–Trinajstić information content (AvgIpc) is 2.84. The lowest BCUT2D eigenvalue weighted by Crippen LogP contribution is -2.46. The van der Waals surface area contributed by atoms with Crippen molar-refractivity contribution >= 4 is 23.3 Å². The molecule has 0 bridgehead atoms. The molecule has 170 valence electrons. The van der Waals surface area contributed by atoms with Crippen LogP contribution in [0.4, 0.5) is 5.69 Å². The lowest BCUT2D eigenvalue weighted by molar-refractivity contribution is -0.123. The summed E-state index contributed by atoms with van der Waals surface area (Å²) in [7, 11) is 0. The first kappa shape index (κ1) is 25.4. The van der Waals surface area contributed by atoms with Crippen LogP contribution >= 0.6 is 0 Å². The Morgan fingerprint density at radius 3 is 2.06 bits per heavy atom. The zero-order chi connectivity index (χ0) is 24.1. The normalized spacial score (nSPS) is 10.6. The quantitative estimate of drug-likeness (QED) is 0.439. The molecule has 0 unspecified atom stereocenters. The number of carbonyl (C=O) groups is 3. The van der Waals surface area contributed by atoms with E-state index < -0.39 is 24.3 Å². The summed E-state index contributed by atoms with van der Waals surface area (Å²) in [6.45, 7) is 1.27. The number of Topliss-reactive ketones (excluding diaryl/α,β-unsaturated/α-hetero) is 1. The molecule has 0 aliphatic heterocycles. The minimum Gasteiger partial charge on any atom is -0.388 e. The van der Waals surface area contributed by atoms with Crippen LogP contribution in [-0.2, 0) is 9.59 Å². The molecule has 0 saturated heterocycles. The molecule has 0 radical (unpaired) electrons. The van der Waals surface area contributed by atoms with E-state index in [1.807, 2.05) is 19.1 Å². The monoisotopic (exact) mass is 445 g/mol. The molecule has 2 aromatic rings. The van der Waals surface area contributed by atoms with E-state index in [9.17, 15) is 14.4 Å². The van der Waals surface area contributed by atoms with Crippen LogP contribution in [0, 0.1) is 23.7 Å².